The van der Waals surface area contributed by atoms with Gasteiger partial charge in [-0.05, 0) is 37.4 Å². The Morgan fingerprint density at radius 1 is 0.969 bits per heavy atom. The number of carbonyl (C=O) groups is 4. The molecule has 3 fully saturated rings. The molecule has 0 spiro atoms. The van der Waals surface area contributed by atoms with E-state index in [1.165, 1.54) is 12.8 Å². The first-order valence-electron chi connectivity index (χ1n) is 11.5. The third-order valence-electron chi connectivity index (χ3n) is 7.14. The number of nitrogens with zero attached hydrogens (tertiary/aromatic N) is 3. The highest BCUT2D eigenvalue weighted by molar-refractivity contribution is 6.24. The number of imide groups is 2. The van der Waals surface area contributed by atoms with Crippen molar-refractivity contribution >= 4 is 23.6 Å². The van der Waals surface area contributed by atoms with Gasteiger partial charge in [0.15, 0.2) is 0 Å². The maximum Gasteiger partial charge on any atom is 0.262 e. The molecule has 0 aromatic heterocycles. The molecule has 3 saturated heterocycles. The number of rotatable bonds is 4. The lowest BCUT2D eigenvalue weighted by Crippen LogP contribution is -2.54. The van der Waals surface area contributed by atoms with Crippen LogP contribution >= 0.6 is 0 Å². The summed E-state index contributed by atoms with van der Waals surface area (Å²) in [6.07, 6.45) is 2.76. The van der Waals surface area contributed by atoms with Gasteiger partial charge in [0.1, 0.15) is 6.04 Å². The molecule has 2 unspecified atom stereocenters. The summed E-state index contributed by atoms with van der Waals surface area (Å²) in [7, 11) is 0. The second-order valence-electron chi connectivity index (χ2n) is 9.10. The first kappa shape index (κ1) is 21.2. The van der Waals surface area contributed by atoms with Crippen molar-refractivity contribution in [1.82, 2.24) is 25.3 Å². The van der Waals surface area contributed by atoms with Gasteiger partial charge in [-0.15, -0.1) is 0 Å². The van der Waals surface area contributed by atoms with E-state index < -0.39 is 23.8 Å². The maximum absolute atomic E-state index is 13.3. The third kappa shape index (κ3) is 3.85. The Kier molecular flexibility index (Phi) is 5.79. The van der Waals surface area contributed by atoms with Crippen LogP contribution in [0.15, 0.2) is 18.2 Å². The van der Waals surface area contributed by atoms with Gasteiger partial charge in [-0.3, -0.25) is 39.2 Å². The van der Waals surface area contributed by atoms with Gasteiger partial charge in [0.05, 0.1) is 11.1 Å². The molecule has 1 aromatic carbocycles. The van der Waals surface area contributed by atoms with Crippen LogP contribution in [-0.2, 0) is 16.1 Å². The quantitative estimate of drug-likeness (QED) is 0.635. The zero-order chi connectivity index (χ0) is 22.2. The van der Waals surface area contributed by atoms with Crippen molar-refractivity contribution in [1.29, 1.82) is 0 Å². The highest BCUT2D eigenvalue weighted by atomic mass is 16.2. The van der Waals surface area contributed by atoms with Gasteiger partial charge in [0.25, 0.3) is 11.8 Å². The number of piperidine rings is 2. The monoisotopic (exact) mass is 439 g/mol. The molecule has 4 amide bonds. The second-order valence-corrected chi connectivity index (χ2v) is 9.10. The van der Waals surface area contributed by atoms with Gasteiger partial charge >= 0.3 is 0 Å². The lowest BCUT2D eigenvalue weighted by molar-refractivity contribution is -0.136. The van der Waals surface area contributed by atoms with Crippen molar-refractivity contribution < 1.29 is 19.2 Å². The molecule has 170 valence electrons. The van der Waals surface area contributed by atoms with Gasteiger partial charge in [0, 0.05) is 51.7 Å². The van der Waals surface area contributed by atoms with E-state index in [1.54, 1.807) is 12.1 Å². The molecule has 4 aliphatic rings. The second kappa shape index (κ2) is 8.73. The van der Waals surface area contributed by atoms with Crippen molar-refractivity contribution in [2.24, 2.45) is 0 Å². The van der Waals surface area contributed by atoms with Crippen LogP contribution in [0.5, 0.6) is 0 Å². The fraction of sp³-hybridized carbons (Fsp3) is 0.565. The number of hydrogen-bond acceptors (Lipinski definition) is 7. The molecular formula is C23H29N5O4. The SMILES string of the molecule is O=C1CCC(N2C(=O)c3cccc(CN4CCN(C5CCCNC5)CC4)c3C2=O)C(=O)N1. The van der Waals surface area contributed by atoms with E-state index in [0.717, 1.165) is 49.7 Å². The summed E-state index contributed by atoms with van der Waals surface area (Å²) in [6.45, 7) is 6.59. The van der Waals surface area contributed by atoms with Gasteiger partial charge in [0.2, 0.25) is 11.8 Å². The molecule has 2 atom stereocenters. The van der Waals surface area contributed by atoms with Crippen LogP contribution in [0.25, 0.3) is 0 Å². The van der Waals surface area contributed by atoms with Crippen molar-refractivity contribution in [2.45, 2.75) is 44.3 Å². The minimum atomic E-state index is -0.930. The molecule has 4 aliphatic heterocycles. The third-order valence-corrected chi connectivity index (χ3v) is 7.14. The standard InChI is InChI=1S/C23H29N5O4/c29-19-7-6-18(21(30)25-19)28-22(31)17-5-1-3-15(20(17)23(28)32)14-26-9-11-27(12-10-26)16-4-2-8-24-13-16/h1,3,5,16,18,24H,2,4,6-14H2,(H,25,29,30). The Bertz CT molecular complexity index is 950. The van der Waals surface area contributed by atoms with E-state index in [9.17, 15) is 19.2 Å². The number of fused-ring (bicyclic) bond motifs is 1. The highest BCUT2D eigenvalue weighted by Crippen LogP contribution is 2.30. The largest absolute Gasteiger partial charge is 0.315 e. The molecule has 0 radical (unpaired) electrons. The normalized spacial score (nSPS) is 27.6. The highest BCUT2D eigenvalue weighted by Gasteiger charge is 2.45. The average Bonchev–Trinajstić information content (AvgIpc) is 3.06. The fourth-order valence-electron chi connectivity index (χ4n) is 5.39. The minimum Gasteiger partial charge on any atom is -0.315 e. The molecule has 0 bridgehead atoms. The van der Waals surface area contributed by atoms with Crippen LogP contribution in [-0.4, -0.2) is 89.7 Å². The Balaban J connectivity index is 1.28. The maximum atomic E-state index is 13.3. The van der Waals surface area contributed by atoms with Crippen LogP contribution in [0, 0.1) is 0 Å². The molecule has 5 rings (SSSR count). The Hall–Kier alpha value is -2.62. The smallest absolute Gasteiger partial charge is 0.262 e. The van der Waals surface area contributed by atoms with E-state index in [2.05, 4.69) is 20.4 Å². The fourth-order valence-corrected chi connectivity index (χ4v) is 5.39. The Morgan fingerprint density at radius 3 is 2.50 bits per heavy atom. The first-order valence-corrected chi connectivity index (χ1v) is 11.5. The topological polar surface area (TPSA) is 102 Å². The number of hydrogen-bond donors (Lipinski definition) is 2. The Labute approximate surface area is 187 Å². The van der Waals surface area contributed by atoms with E-state index in [1.807, 2.05) is 6.07 Å². The molecule has 32 heavy (non-hydrogen) atoms. The van der Waals surface area contributed by atoms with Crippen LogP contribution in [0.4, 0.5) is 0 Å². The van der Waals surface area contributed by atoms with Gasteiger partial charge < -0.3 is 5.32 Å². The zero-order valence-corrected chi connectivity index (χ0v) is 18.1. The number of piperazine rings is 1. The first-order chi connectivity index (χ1) is 15.5. The summed E-state index contributed by atoms with van der Waals surface area (Å²) in [4.78, 5) is 56.0. The van der Waals surface area contributed by atoms with Gasteiger partial charge in [-0.25, -0.2) is 0 Å². The van der Waals surface area contributed by atoms with E-state index in [0.29, 0.717) is 23.7 Å². The molecule has 9 heteroatoms. The van der Waals surface area contributed by atoms with Crippen molar-refractivity contribution in [2.75, 3.05) is 39.3 Å². The lowest BCUT2D eigenvalue weighted by atomic mass is 10.0. The molecule has 0 aliphatic carbocycles. The van der Waals surface area contributed by atoms with Crippen molar-refractivity contribution in [3.05, 3.63) is 34.9 Å². The van der Waals surface area contributed by atoms with Gasteiger partial charge in [-0.2, -0.15) is 0 Å². The zero-order valence-electron chi connectivity index (χ0n) is 18.1. The minimum absolute atomic E-state index is 0.122. The van der Waals surface area contributed by atoms with Crippen molar-refractivity contribution in [3.8, 4) is 0 Å². The summed E-state index contributed by atoms with van der Waals surface area (Å²) in [5.41, 5.74) is 1.58. The molecular weight excluding hydrogens is 410 g/mol. The molecule has 9 nitrogen and oxygen atoms in total. The van der Waals surface area contributed by atoms with Crippen LogP contribution in [0.1, 0.15) is 52.0 Å². The van der Waals surface area contributed by atoms with E-state index >= 15 is 0 Å². The summed E-state index contributed by atoms with van der Waals surface area (Å²) >= 11 is 0. The predicted molar refractivity (Wildman–Crippen MR) is 116 cm³/mol. The predicted octanol–water partition coefficient (Wildman–Crippen LogP) is -0.0426. The number of carbonyl (C=O) groups excluding carboxylic acids is 4. The Morgan fingerprint density at radius 2 is 1.78 bits per heavy atom. The van der Waals surface area contributed by atoms with Crippen LogP contribution < -0.4 is 10.6 Å². The lowest BCUT2D eigenvalue weighted by Gasteiger charge is -2.41. The summed E-state index contributed by atoms with van der Waals surface area (Å²) in [6, 6.07) is 5.03. The molecule has 1 aromatic rings. The number of nitrogens with one attached hydrogen (secondary N) is 2. The number of benzene rings is 1. The van der Waals surface area contributed by atoms with Crippen LogP contribution in [0.3, 0.4) is 0 Å². The summed E-state index contributed by atoms with van der Waals surface area (Å²) in [5.74, 6) is -1.82. The number of amides is 4. The van der Waals surface area contributed by atoms with E-state index in [4.69, 9.17) is 0 Å². The van der Waals surface area contributed by atoms with Gasteiger partial charge in [-0.1, -0.05) is 12.1 Å². The molecule has 2 N–H and O–H groups in total. The molecule has 0 saturated carbocycles. The van der Waals surface area contributed by atoms with E-state index in [-0.39, 0.29) is 18.7 Å². The average molecular weight is 440 g/mol. The van der Waals surface area contributed by atoms with Crippen molar-refractivity contribution in [3.63, 3.8) is 0 Å². The summed E-state index contributed by atoms with van der Waals surface area (Å²) in [5, 5.41) is 5.72. The van der Waals surface area contributed by atoms with Crippen LogP contribution in [0.2, 0.25) is 0 Å². The molecule has 4 heterocycles. The summed E-state index contributed by atoms with van der Waals surface area (Å²) < 4.78 is 0.